The number of anilines is 1. The molecule has 1 unspecified atom stereocenters. The van der Waals surface area contributed by atoms with E-state index >= 15 is 0 Å². The van der Waals surface area contributed by atoms with E-state index in [1.165, 1.54) is 11.3 Å². The minimum atomic E-state index is 0.234. The lowest BCUT2D eigenvalue weighted by molar-refractivity contribution is 0.702. The molecule has 2 N–H and O–H groups in total. The highest BCUT2D eigenvalue weighted by atomic mass is 15.1. The summed E-state index contributed by atoms with van der Waals surface area (Å²) in [7, 11) is 0. The van der Waals surface area contributed by atoms with Crippen molar-refractivity contribution in [1.29, 1.82) is 0 Å². The van der Waals surface area contributed by atoms with Gasteiger partial charge in [0.2, 0.25) is 0 Å². The van der Waals surface area contributed by atoms with Crippen LogP contribution in [-0.2, 0) is 6.42 Å². The van der Waals surface area contributed by atoms with Gasteiger partial charge in [-0.15, -0.1) is 0 Å². The minimum Gasteiger partial charge on any atom is -0.369 e. The first-order chi connectivity index (χ1) is 7.54. The summed E-state index contributed by atoms with van der Waals surface area (Å²) in [5, 5.41) is 0. The maximum Gasteiger partial charge on any atom is 0.0368 e. The molecule has 0 aliphatic rings. The van der Waals surface area contributed by atoms with Crippen LogP contribution in [0.5, 0.6) is 0 Å². The van der Waals surface area contributed by atoms with Gasteiger partial charge < -0.3 is 10.6 Å². The van der Waals surface area contributed by atoms with Gasteiger partial charge in [0.15, 0.2) is 0 Å². The number of benzene rings is 1. The fourth-order valence-electron chi connectivity index (χ4n) is 2.04. The number of hydrogen-bond acceptors (Lipinski definition) is 2. The van der Waals surface area contributed by atoms with Crippen LogP contribution < -0.4 is 10.6 Å². The average Bonchev–Trinajstić information content (AvgIpc) is 2.20. The Balaban J connectivity index is 2.77. The highest BCUT2D eigenvalue weighted by molar-refractivity contribution is 5.48. The molecule has 2 nitrogen and oxygen atoms in total. The van der Waals surface area contributed by atoms with Crippen LogP contribution in [0.4, 0.5) is 5.69 Å². The van der Waals surface area contributed by atoms with E-state index in [2.05, 4.69) is 49.9 Å². The van der Waals surface area contributed by atoms with Crippen molar-refractivity contribution in [3.05, 3.63) is 29.8 Å². The van der Waals surface area contributed by atoms with Crippen LogP contribution in [-0.4, -0.2) is 18.6 Å². The summed E-state index contributed by atoms with van der Waals surface area (Å²) in [4.78, 5) is 2.38. The highest BCUT2D eigenvalue weighted by Crippen LogP contribution is 2.18. The van der Waals surface area contributed by atoms with Crippen molar-refractivity contribution >= 4 is 5.69 Å². The van der Waals surface area contributed by atoms with Gasteiger partial charge >= 0.3 is 0 Å². The highest BCUT2D eigenvalue weighted by Gasteiger charge is 2.07. The van der Waals surface area contributed by atoms with E-state index in [1.807, 2.05) is 6.92 Å². The molecule has 0 radical (unpaired) electrons. The predicted molar refractivity (Wildman–Crippen MR) is 72.0 cm³/mol. The molecule has 90 valence electrons. The maximum absolute atomic E-state index is 5.79. The molecular weight excluding hydrogens is 196 g/mol. The molecule has 0 bridgehead atoms. The van der Waals surface area contributed by atoms with Crippen LogP contribution in [0.1, 0.15) is 33.3 Å². The second kappa shape index (κ2) is 5.90. The fraction of sp³-hybridized carbons (Fsp3) is 0.571. The third kappa shape index (κ3) is 3.53. The molecule has 0 spiro atoms. The normalized spacial score (nSPS) is 12.9. The molecule has 0 aromatic heterocycles. The minimum absolute atomic E-state index is 0.234. The monoisotopic (exact) mass is 220 g/mol. The van der Waals surface area contributed by atoms with Crippen molar-refractivity contribution in [1.82, 2.24) is 0 Å². The Kier molecular flexibility index (Phi) is 4.81. The second-order valence-electron chi connectivity index (χ2n) is 4.73. The molecule has 1 rings (SSSR count). The number of nitrogens with two attached hydrogens (primary N) is 1. The maximum atomic E-state index is 5.79. The summed E-state index contributed by atoms with van der Waals surface area (Å²) in [6.07, 6.45) is 0.952. The second-order valence-corrected chi connectivity index (χ2v) is 4.73. The number of hydrogen-bond donors (Lipinski definition) is 1. The number of rotatable bonds is 5. The van der Waals surface area contributed by atoms with E-state index in [0.717, 1.165) is 13.0 Å². The topological polar surface area (TPSA) is 29.3 Å². The Labute approximate surface area is 99.5 Å². The van der Waals surface area contributed by atoms with Crippen molar-refractivity contribution in [3.8, 4) is 0 Å². The Morgan fingerprint density at radius 3 is 2.06 bits per heavy atom. The quantitative estimate of drug-likeness (QED) is 0.826. The Morgan fingerprint density at radius 1 is 1.12 bits per heavy atom. The average molecular weight is 220 g/mol. The van der Waals surface area contributed by atoms with Crippen LogP contribution in [0.25, 0.3) is 0 Å². The van der Waals surface area contributed by atoms with Gasteiger partial charge in [0.25, 0.3) is 0 Å². The van der Waals surface area contributed by atoms with Gasteiger partial charge in [0.1, 0.15) is 0 Å². The van der Waals surface area contributed by atoms with Crippen molar-refractivity contribution in [2.45, 2.75) is 46.2 Å². The summed E-state index contributed by atoms with van der Waals surface area (Å²) in [6, 6.07) is 9.54. The molecule has 16 heavy (non-hydrogen) atoms. The van der Waals surface area contributed by atoms with Crippen molar-refractivity contribution in [2.75, 3.05) is 11.4 Å². The van der Waals surface area contributed by atoms with E-state index in [4.69, 9.17) is 5.73 Å². The molecular formula is C14H24N2. The van der Waals surface area contributed by atoms with Crippen molar-refractivity contribution < 1.29 is 0 Å². The molecule has 0 amide bonds. The first kappa shape index (κ1) is 13.0. The molecule has 0 aliphatic carbocycles. The Bertz CT molecular complexity index is 301. The largest absolute Gasteiger partial charge is 0.369 e. The summed E-state index contributed by atoms with van der Waals surface area (Å²) in [5.74, 6) is 0. The summed E-state index contributed by atoms with van der Waals surface area (Å²) in [5.41, 5.74) is 8.40. The van der Waals surface area contributed by atoms with E-state index in [1.54, 1.807) is 0 Å². The summed E-state index contributed by atoms with van der Waals surface area (Å²) >= 11 is 0. The Hall–Kier alpha value is -1.02. The molecule has 1 atom stereocenters. The zero-order valence-corrected chi connectivity index (χ0v) is 10.9. The summed E-state index contributed by atoms with van der Waals surface area (Å²) < 4.78 is 0. The lowest BCUT2D eigenvalue weighted by Crippen LogP contribution is -2.30. The molecule has 1 aromatic carbocycles. The molecule has 0 saturated carbocycles. The summed E-state index contributed by atoms with van der Waals surface area (Å²) in [6.45, 7) is 9.72. The third-order valence-corrected chi connectivity index (χ3v) is 2.79. The first-order valence-electron chi connectivity index (χ1n) is 6.15. The molecule has 0 heterocycles. The Morgan fingerprint density at radius 2 is 1.69 bits per heavy atom. The van der Waals surface area contributed by atoms with Crippen LogP contribution in [0.2, 0.25) is 0 Å². The van der Waals surface area contributed by atoms with Gasteiger partial charge in [-0.05, 0) is 51.8 Å². The third-order valence-electron chi connectivity index (χ3n) is 2.79. The van der Waals surface area contributed by atoms with Gasteiger partial charge in [-0.25, -0.2) is 0 Å². The lowest BCUT2D eigenvalue weighted by atomic mass is 10.1. The molecule has 0 aliphatic heterocycles. The van der Waals surface area contributed by atoms with Gasteiger partial charge in [-0.3, -0.25) is 0 Å². The predicted octanol–water partition coefficient (Wildman–Crippen LogP) is 2.81. The SMILES string of the molecule is CCN(c1ccc(CC(C)N)cc1)C(C)C. The van der Waals surface area contributed by atoms with Crippen molar-refractivity contribution in [2.24, 2.45) is 5.73 Å². The van der Waals surface area contributed by atoms with Gasteiger partial charge in [0.05, 0.1) is 0 Å². The van der Waals surface area contributed by atoms with Crippen LogP contribution in [0, 0.1) is 0 Å². The number of nitrogens with zero attached hydrogens (tertiary/aromatic N) is 1. The van der Waals surface area contributed by atoms with Gasteiger partial charge in [-0.1, -0.05) is 12.1 Å². The van der Waals surface area contributed by atoms with Crippen molar-refractivity contribution in [3.63, 3.8) is 0 Å². The van der Waals surface area contributed by atoms with Gasteiger partial charge in [-0.2, -0.15) is 0 Å². The first-order valence-corrected chi connectivity index (χ1v) is 6.15. The zero-order chi connectivity index (χ0) is 12.1. The molecule has 0 fully saturated rings. The van der Waals surface area contributed by atoms with Crippen LogP contribution >= 0.6 is 0 Å². The zero-order valence-electron chi connectivity index (χ0n) is 10.9. The fourth-order valence-corrected chi connectivity index (χ4v) is 2.04. The van der Waals surface area contributed by atoms with Crippen LogP contribution in [0.15, 0.2) is 24.3 Å². The van der Waals surface area contributed by atoms with Gasteiger partial charge in [0, 0.05) is 24.3 Å². The molecule has 2 heteroatoms. The van der Waals surface area contributed by atoms with Crippen LogP contribution in [0.3, 0.4) is 0 Å². The molecule has 1 aromatic rings. The smallest absolute Gasteiger partial charge is 0.0368 e. The van der Waals surface area contributed by atoms with E-state index < -0.39 is 0 Å². The molecule has 0 saturated heterocycles. The van der Waals surface area contributed by atoms with E-state index in [0.29, 0.717) is 6.04 Å². The lowest BCUT2D eigenvalue weighted by Gasteiger charge is -2.27. The van der Waals surface area contributed by atoms with E-state index in [-0.39, 0.29) is 6.04 Å². The standard InChI is InChI=1S/C14H24N2/c1-5-16(11(2)3)14-8-6-13(7-9-14)10-12(4)15/h6-9,11-12H,5,10,15H2,1-4H3. The van der Waals surface area contributed by atoms with E-state index in [9.17, 15) is 0 Å².